The van der Waals surface area contributed by atoms with Gasteiger partial charge in [-0.1, -0.05) is 41.4 Å². The lowest BCUT2D eigenvalue weighted by Crippen LogP contribution is -2.71. The van der Waals surface area contributed by atoms with Crippen molar-refractivity contribution in [2.75, 3.05) is 51.1 Å². The van der Waals surface area contributed by atoms with Gasteiger partial charge in [0.25, 0.3) is 5.91 Å². The number of likely N-dealkylation sites (tertiary alicyclic amines) is 1. The lowest BCUT2D eigenvalue weighted by Gasteiger charge is -2.52. The van der Waals surface area contributed by atoms with E-state index in [1.54, 1.807) is 12.3 Å². The number of aryl methyl sites for hydroxylation is 1. The molecule has 1 amide bonds. The molecule has 51 heavy (non-hydrogen) atoms. The Morgan fingerprint density at radius 1 is 0.922 bits per heavy atom. The molecule has 3 aliphatic rings. The Kier molecular flexibility index (Phi) is 11.4. The minimum absolute atomic E-state index is 0.0924. The second-order valence-corrected chi connectivity index (χ2v) is 14.6. The van der Waals surface area contributed by atoms with Crippen molar-refractivity contribution in [2.24, 2.45) is 13.0 Å². The molecule has 15 heteroatoms. The van der Waals surface area contributed by atoms with E-state index >= 15 is 0 Å². The number of alkyl halides is 3. The molecule has 10 nitrogen and oxygen atoms in total. The van der Waals surface area contributed by atoms with Crippen LogP contribution in [0.25, 0.3) is 10.9 Å². The molecule has 1 unspecified atom stereocenters. The molecule has 3 aromatic rings. The van der Waals surface area contributed by atoms with Crippen molar-refractivity contribution in [3.05, 3.63) is 63.8 Å². The van der Waals surface area contributed by atoms with Gasteiger partial charge in [-0.15, -0.1) is 0 Å². The zero-order valence-electron chi connectivity index (χ0n) is 28.4. The average molecular weight is 753 g/mol. The van der Waals surface area contributed by atoms with Gasteiger partial charge in [-0.05, 0) is 62.3 Å². The maximum absolute atomic E-state index is 14.8. The summed E-state index contributed by atoms with van der Waals surface area (Å²) in [5, 5.41) is 13.6. The third-order valence-electron chi connectivity index (χ3n) is 10.3. The highest BCUT2D eigenvalue weighted by Gasteiger charge is 2.53. The second kappa shape index (κ2) is 15.4. The van der Waals surface area contributed by atoms with E-state index in [1.165, 1.54) is 11.0 Å². The van der Waals surface area contributed by atoms with Crippen LogP contribution in [0, 0.1) is 5.92 Å². The number of carboxylic acids is 1. The second-order valence-electron chi connectivity index (χ2n) is 13.8. The molecule has 2 N–H and O–H groups in total. The van der Waals surface area contributed by atoms with Crippen molar-refractivity contribution in [2.45, 2.75) is 63.1 Å². The molecule has 0 radical (unpaired) electrons. The third-order valence-corrected chi connectivity index (χ3v) is 11.0. The van der Waals surface area contributed by atoms with E-state index in [9.17, 15) is 32.7 Å². The van der Waals surface area contributed by atoms with Gasteiger partial charge in [0.05, 0.1) is 34.8 Å². The molecule has 2 saturated heterocycles. The first-order chi connectivity index (χ1) is 24.2. The minimum atomic E-state index is -4.35. The molecule has 1 aromatic heterocycles. The number of aliphatic carboxylic acids is 1. The number of halogens is 5. The van der Waals surface area contributed by atoms with Gasteiger partial charge in [0, 0.05) is 74.9 Å². The third kappa shape index (κ3) is 8.23. The summed E-state index contributed by atoms with van der Waals surface area (Å²) < 4.78 is 48.5. The molecule has 1 saturated carbocycles. The van der Waals surface area contributed by atoms with Crippen LogP contribution in [0.1, 0.15) is 54.4 Å². The van der Waals surface area contributed by atoms with E-state index in [2.05, 4.69) is 5.32 Å². The average Bonchev–Trinajstić information content (AvgIpc) is 3.75. The number of piperazine rings is 1. The van der Waals surface area contributed by atoms with Gasteiger partial charge >= 0.3 is 12.1 Å². The van der Waals surface area contributed by atoms with Gasteiger partial charge in [0.2, 0.25) is 5.85 Å². The molecule has 1 aliphatic carbocycles. The summed E-state index contributed by atoms with van der Waals surface area (Å²) in [6, 6.07) is 10.6. The number of carboxylic acid groups (broad SMARTS) is 1. The summed E-state index contributed by atoms with van der Waals surface area (Å²) in [6.45, 7) is 0.569. The molecule has 3 fully saturated rings. The van der Waals surface area contributed by atoms with E-state index in [0.717, 1.165) is 23.7 Å². The highest BCUT2D eigenvalue weighted by atomic mass is 35.5. The van der Waals surface area contributed by atoms with Crippen molar-refractivity contribution in [3.8, 4) is 0 Å². The van der Waals surface area contributed by atoms with Gasteiger partial charge < -0.3 is 19.7 Å². The number of nitrogens with zero attached hydrogens (tertiary/aromatic N) is 4. The number of para-hydroxylation sites is 1. The number of benzene rings is 2. The van der Waals surface area contributed by atoms with Gasteiger partial charge in [0.1, 0.15) is 0 Å². The van der Waals surface area contributed by atoms with E-state index in [0.29, 0.717) is 49.9 Å². The Balaban J connectivity index is 1.27. The first-order valence-electron chi connectivity index (χ1n) is 17.3. The normalized spacial score (nSPS) is 22.2. The van der Waals surface area contributed by atoms with Crippen LogP contribution in [0.2, 0.25) is 10.0 Å². The molecule has 0 bridgehead atoms. The number of amides is 1. The number of anilines is 1. The SMILES string of the molecule is Cn1cc(C(=O)Nc2cc(Cl)c(CC(=O)C(O[C@H]3CC[C@H](C(=O)O)CC3)(N3CCCC3)N3CCN(CC(F)(F)F)CC3)cc2Cl)c2ccccc21. The van der Waals surface area contributed by atoms with Crippen LogP contribution in [0.15, 0.2) is 42.6 Å². The highest BCUT2D eigenvalue weighted by molar-refractivity contribution is 6.36. The Hall–Kier alpha value is -3.20. The van der Waals surface area contributed by atoms with Crippen LogP contribution in [-0.2, 0) is 27.8 Å². The molecular weight excluding hydrogens is 710 g/mol. The molecule has 276 valence electrons. The van der Waals surface area contributed by atoms with E-state index in [1.807, 2.05) is 45.7 Å². The molecule has 3 heterocycles. The predicted molar refractivity (Wildman–Crippen MR) is 188 cm³/mol. The topological polar surface area (TPSA) is 107 Å². The van der Waals surface area contributed by atoms with Crippen LogP contribution in [-0.4, -0.2) is 106 Å². The maximum Gasteiger partial charge on any atom is 0.401 e. The summed E-state index contributed by atoms with van der Waals surface area (Å²) in [7, 11) is 1.85. The standard InChI is InChI=1S/C36H42Cl2F3N5O5/c1-43-21-27(26-6-2-3-7-31(26)43)33(48)42-30-20-28(37)24(18-29(30)38)19-32(47)36(45-12-4-5-13-45,51-25-10-8-23(9-11-25)34(49)50)46-16-14-44(15-17-46)22-35(39,40)41/h2-3,6-7,18,20-21,23,25H,4-5,8-17,19,22H2,1H3,(H,42,48)(H,49,50)/t23-,25-,36?. The smallest absolute Gasteiger partial charge is 0.401 e. The predicted octanol–water partition coefficient (Wildman–Crippen LogP) is 6.44. The fraction of sp³-hybridized carbons (Fsp3) is 0.528. The number of rotatable bonds is 11. The lowest BCUT2D eigenvalue weighted by atomic mass is 9.87. The van der Waals surface area contributed by atoms with Crippen LogP contribution in [0.4, 0.5) is 18.9 Å². The first-order valence-corrected chi connectivity index (χ1v) is 18.1. The van der Waals surface area contributed by atoms with Gasteiger partial charge in [-0.3, -0.25) is 29.1 Å². The Bertz CT molecular complexity index is 1770. The molecule has 2 aromatic carbocycles. The molecule has 0 spiro atoms. The van der Waals surface area contributed by atoms with Gasteiger partial charge in [-0.2, -0.15) is 13.2 Å². The monoisotopic (exact) mass is 751 g/mol. The highest BCUT2D eigenvalue weighted by Crippen LogP contribution is 2.38. The minimum Gasteiger partial charge on any atom is -0.481 e. The molecule has 1 atom stereocenters. The quantitative estimate of drug-likeness (QED) is 0.231. The summed E-state index contributed by atoms with van der Waals surface area (Å²) >= 11 is 13.5. The fourth-order valence-corrected chi connectivity index (χ4v) is 8.19. The van der Waals surface area contributed by atoms with Crippen molar-refractivity contribution in [1.29, 1.82) is 0 Å². The van der Waals surface area contributed by atoms with Crippen molar-refractivity contribution in [3.63, 3.8) is 0 Å². The Morgan fingerprint density at radius 3 is 2.22 bits per heavy atom. The Morgan fingerprint density at radius 2 is 1.57 bits per heavy atom. The largest absolute Gasteiger partial charge is 0.481 e. The van der Waals surface area contributed by atoms with Crippen molar-refractivity contribution in [1.82, 2.24) is 19.3 Å². The number of ether oxygens (including phenoxy) is 1. The van der Waals surface area contributed by atoms with Crippen LogP contribution in [0.3, 0.4) is 0 Å². The van der Waals surface area contributed by atoms with Crippen LogP contribution >= 0.6 is 23.2 Å². The fourth-order valence-electron chi connectivity index (χ4n) is 7.73. The molecule has 6 rings (SSSR count). The number of nitrogens with one attached hydrogen (secondary N) is 1. The van der Waals surface area contributed by atoms with E-state index in [-0.39, 0.29) is 60.0 Å². The number of ketones is 1. The maximum atomic E-state index is 14.8. The Labute approximate surface area is 304 Å². The van der Waals surface area contributed by atoms with Crippen molar-refractivity contribution < 1.29 is 37.4 Å². The summed E-state index contributed by atoms with van der Waals surface area (Å²) in [5.41, 5.74) is 2.03. The summed E-state index contributed by atoms with van der Waals surface area (Å²) in [6.07, 6.45) is 0.0674. The number of carbonyl (C=O) groups is 3. The van der Waals surface area contributed by atoms with E-state index < -0.39 is 36.6 Å². The number of hydrogen-bond acceptors (Lipinski definition) is 7. The zero-order chi connectivity index (χ0) is 36.5. The molecular formula is C36H42Cl2F3N5O5. The lowest BCUT2D eigenvalue weighted by molar-refractivity contribution is -0.262. The zero-order valence-corrected chi connectivity index (χ0v) is 29.9. The van der Waals surface area contributed by atoms with Crippen LogP contribution in [0.5, 0.6) is 0 Å². The summed E-state index contributed by atoms with van der Waals surface area (Å²) in [5.74, 6) is -3.66. The number of Topliss-reactive ketones (excluding diaryl/α,β-unsaturated/α-hetero) is 1. The molecule has 2 aliphatic heterocycles. The summed E-state index contributed by atoms with van der Waals surface area (Å²) in [4.78, 5) is 45.0. The first kappa shape index (κ1) is 37.6. The van der Waals surface area contributed by atoms with Crippen LogP contribution < -0.4 is 5.32 Å². The number of fused-ring (bicyclic) bond motifs is 1. The number of hydrogen-bond donors (Lipinski definition) is 2. The van der Waals surface area contributed by atoms with E-state index in [4.69, 9.17) is 27.9 Å². The van der Waals surface area contributed by atoms with Gasteiger partial charge in [0.15, 0.2) is 5.78 Å². The number of aromatic nitrogens is 1. The van der Waals surface area contributed by atoms with Gasteiger partial charge in [-0.25, -0.2) is 0 Å². The van der Waals surface area contributed by atoms with Crippen molar-refractivity contribution >= 4 is 57.5 Å². The number of carbonyl (C=O) groups excluding carboxylic acids is 2.